The minimum absolute atomic E-state index is 0.730. The van der Waals surface area contributed by atoms with Gasteiger partial charge in [-0.15, -0.1) is 0 Å². The molecule has 0 saturated carbocycles. The highest BCUT2D eigenvalue weighted by Crippen LogP contribution is 2.31. The molecule has 0 aromatic rings. The number of alkyl halides is 8. The molecule has 0 nitrogen and oxygen atoms in total. The molecule has 0 saturated heterocycles. The average Bonchev–Trinajstić information content (AvgIpc) is 1.98. The molecule has 0 aromatic heterocycles. The molecule has 0 amide bonds. The zero-order valence-electron chi connectivity index (χ0n) is 5.83. The third kappa shape index (κ3) is 3.86. The summed E-state index contributed by atoms with van der Waals surface area (Å²) in [5.41, 5.74) is 0. The average molecular weight is 324 g/mol. The molecule has 0 spiro atoms. The maximum Gasteiger partial charge on any atom is 0.422 e. The van der Waals surface area contributed by atoms with E-state index in [2.05, 4.69) is 0 Å². The van der Waals surface area contributed by atoms with Gasteiger partial charge in [0.05, 0.1) is 0 Å². The van der Waals surface area contributed by atoms with E-state index in [0.717, 1.165) is 22.6 Å². The van der Waals surface area contributed by atoms with E-state index in [-0.39, 0.29) is 0 Å². The van der Waals surface area contributed by atoms with Crippen LogP contribution in [0.25, 0.3) is 0 Å². The van der Waals surface area contributed by atoms with Gasteiger partial charge in [0.15, 0.2) is 16.5 Å². The second-order valence-electron chi connectivity index (χ2n) is 2.17. The summed E-state index contributed by atoms with van der Waals surface area (Å²) in [4.78, 5) is 0. The Hall–Kier alpha value is 0.240. The first-order chi connectivity index (χ1) is 5.68. The number of rotatable bonds is 3. The minimum atomic E-state index is -5.50. The number of hydrogen-bond donors (Lipinski definition) is 0. The second kappa shape index (κ2) is 4.65. The van der Waals surface area contributed by atoms with E-state index in [1.54, 1.807) is 0 Å². The van der Waals surface area contributed by atoms with Crippen molar-refractivity contribution in [2.24, 2.45) is 0 Å². The van der Waals surface area contributed by atoms with Crippen LogP contribution in [0.3, 0.4) is 0 Å². The standard InChI is InChI=1S/C5H4F7I/c6-1(2(7)4(9)13)3(8)5(10,11)12/h1-4H. The Bertz CT molecular complexity index is 155. The maximum atomic E-state index is 12.2. The van der Waals surface area contributed by atoms with Crippen LogP contribution in [0.2, 0.25) is 0 Å². The highest BCUT2D eigenvalue weighted by atomic mass is 127. The van der Waals surface area contributed by atoms with Crippen molar-refractivity contribution in [3.63, 3.8) is 0 Å². The predicted octanol–water partition coefficient (Wildman–Crippen LogP) is 3.29. The van der Waals surface area contributed by atoms with Gasteiger partial charge in [0, 0.05) is 0 Å². The smallest absolute Gasteiger partial charge is 0.241 e. The van der Waals surface area contributed by atoms with E-state index in [4.69, 9.17) is 0 Å². The minimum Gasteiger partial charge on any atom is -0.241 e. The van der Waals surface area contributed by atoms with Gasteiger partial charge in [-0.3, -0.25) is 0 Å². The Morgan fingerprint density at radius 2 is 1.23 bits per heavy atom. The highest BCUT2D eigenvalue weighted by molar-refractivity contribution is 14.1. The summed E-state index contributed by atoms with van der Waals surface area (Å²) < 4.78 is 80.1. The van der Waals surface area contributed by atoms with E-state index in [9.17, 15) is 30.7 Å². The summed E-state index contributed by atoms with van der Waals surface area (Å²) in [5, 5.41) is 0. The first-order valence-electron chi connectivity index (χ1n) is 2.95. The predicted molar refractivity (Wildman–Crippen MR) is 39.7 cm³/mol. The molecule has 0 radical (unpaired) electrons. The van der Waals surface area contributed by atoms with Gasteiger partial charge in [-0.2, -0.15) is 13.2 Å². The molecule has 13 heavy (non-hydrogen) atoms. The molecule has 0 aromatic carbocycles. The topological polar surface area (TPSA) is 0 Å². The lowest BCUT2D eigenvalue weighted by Crippen LogP contribution is -2.41. The lowest BCUT2D eigenvalue weighted by Gasteiger charge is -2.19. The maximum absolute atomic E-state index is 12.2. The molecule has 0 fully saturated rings. The largest absolute Gasteiger partial charge is 0.422 e. The Labute approximate surface area is 82.6 Å². The Morgan fingerprint density at radius 3 is 1.46 bits per heavy atom. The van der Waals surface area contributed by atoms with E-state index in [0.29, 0.717) is 0 Å². The first kappa shape index (κ1) is 13.2. The molecule has 8 heteroatoms. The monoisotopic (exact) mass is 324 g/mol. The van der Waals surface area contributed by atoms with Crippen LogP contribution in [-0.4, -0.2) is 28.9 Å². The Balaban J connectivity index is 4.34. The van der Waals surface area contributed by atoms with Gasteiger partial charge in [0.25, 0.3) is 0 Å². The third-order valence-electron chi connectivity index (χ3n) is 1.14. The van der Waals surface area contributed by atoms with Gasteiger partial charge in [-0.25, -0.2) is 17.6 Å². The fourth-order valence-electron chi connectivity index (χ4n) is 0.481. The normalized spacial score (nSPS) is 22.2. The lowest BCUT2D eigenvalue weighted by atomic mass is 10.1. The molecule has 0 aliphatic heterocycles. The third-order valence-corrected chi connectivity index (χ3v) is 1.82. The molecule has 4 atom stereocenters. The van der Waals surface area contributed by atoms with E-state index in [1.165, 1.54) is 0 Å². The van der Waals surface area contributed by atoms with Crippen molar-refractivity contribution in [2.45, 2.75) is 28.9 Å². The summed E-state index contributed by atoms with van der Waals surface area (Å²) >= 11 is 0.730. The van der Waals surface area contributed by atoms with Crippen molar-refractivity contribution in [1.29, 1.82) is 0 Å². The zero-order valence-corrected chi connectivity index (χ0v) is 7.99. The lowest BCUT2D eigenvalue weighted by molar-refractivity contribution is -0.203. The molecular formula is C5H4F7I. The quantitative estimate of drug-likeness (QED) is 0.425. The van der Waals surface area contributed by atoms with Crippen LogP contribution in [0.15, 0.2) is 0 Å². The van der Waals surface area contributed by atoms with Gasteiger partial charge in [-0.05, 0) is 22.6 Å². The van der Waals surface area contributed by atoms with Gasteiger partial charge in [0.2, 0.25) is 6.17 Å². The van der Waals surface area contributed by atoms with Crippen LogP contribution in [0, 0.1) is 0 Å². The van der Waals surface area contributed by atoms with Crippen LogP contribution in [0.4, 0.5) is 30.7 Å². The van der Waals surface area contributed by atoms with E-state index in [1.807, 2.05) is 0 Å². The number of halogens is 8. The first-order valence-corrected chi connectivity index (χ1v) is 4.19. The van der Waals surface area contributed by atoms with Crippen molar-refractivity contribution in [2.75, 3.05) is 0 Å². The van der Waals surface area contributed by atoms with Crippen molar-refractivity contribution >= 4 is 22.6 Å². The van der Waals surface area contributed by atoms with Crippen LogP contribution in [-0.2, 0) is 0 Å². The van der Waals surface area contributed by atoms with Gasteiger partial charge in [-0.1, -0.05) is 0 Å². The Kier molecular flexibility index (Phi) is 4.73. The molecule has 0 rings (SSSR count). The van der Waals surface area contributed by atoms with Crippen molar-refractivity contribution in [1.82, 2.24) is 0 Å². The molecule has 0 heterocycles. The summed E-state index contributed by atoms with van der Waals surface area (Å²) in [7, 11) is 0. The molecule has 0 bridgehead atoms. The van der Waals surface area contributed by atoms with Crippen LogP contribution in [0.5, 0.6) is 0 Å². The number of hydrogen-bond acceptors (Lipinski definition) is 0. The van der Waals surface area contributed by atoms with Crippen LogP contribution >= 0.6 is 22.6 Å². The molecule has 0 N–H and O–H groups in total. The Morgan fingerprint density at radius 1 is 0.846 bits per heavy atom. The molecule has 0 aliphatic carbocycles. The van der Waals surface area contributed by atoms with Crippen molar-refractivity contribution < 1.29 is 30.7 Å². The highest BCUT2D eigenvalue weighted by Gasteiger charge is 2.50. The molecule has 4 unspecified atom stereocenters. The second-order valence-corrected chi connectivity index (χ2v) is 3.36. The molecule has 80 valence electrons. The van der Waals surface area contributed by atoms with Crippen molar-refractivity contribution in [3.05, 3.63) is 0 Å². The SMILES string of the molecule is FC(I)C(F)C(F)C(F)C(F)(F)F. The van der Waals surface area contributed by atoms with E-state index < -0.39 is 28.9 Å². The summed E-state index contributed by atoms with van der Waals surface area (Å²) in [6, 6.07) is 0. The fraction of sp³-hybridized carbons (Fsp3) is 1.00. The zero-order chi connectivity index (χ0) is 10.8. The van der Waals surface area contributed by atoms with E-state index >= 15 is 0 Å². The summed E-state index contributed by atoms with van der Waals surface area (Å²) in [6.45, 7) is 0. The summed E-state index contributed by atoms with van der Waals surface area (Å²) in [6.07, 6.45) is -16.1. The fourth-order valence-corrected chi connectivity index (χ4v) is 0.878. The van der Waals surface area contributed by atoms with Crippen molar-refractivity contribution in [3.8, 4) is 0 Å². The van der Waals surface area contributed by atoms with Gasteiger partial charge in [0.1, 0.15) is 0 Å². The molecular weight excluding hydrogens is 320 g/mol. The van der Waals surface area contributed by atoms with Crippen LogP contribution < -0.4 is 0 Å². The molecule has 0 aliphatic rings. The van der Waals surface area contributed by atoms with Crippen LogP contribution in [0.1, 0.15) is 0 Å². The van der Waals surface area contributed by atoms with Gasteiger partial charge >= 0.3 is 6.18 Å². The summed E-state index contributed by atoms with van der Waals surface area (Å²) in [5.74, 6) is 0. The van der Waals surface area contributed by atoms with Gasteiger partial charge < -0.3 is 0 Å².